The van der Waals surface area contributed by atoms with Gasteiger partial charge in [-0.1, -0.05) is 19.9 Å². The summed E-state index contributed by atoms with van der Waals surface area (Å²) >= 11 is 0. The Hall–Kier alpha value is -2.24. The van der Waals surface area contributed by atoms with Gasteiger partial charge in [-0.15, -0.1) is 0 Å². The zero-order chi connectivity index (χ0) is 20.9. The molecule has 29 heavy (non-hydrogen) atoms. The zero-order valence-electron chi connectivity index (χ0n) is 17.8. The third-order valence-electron chi connectivity index (χ3n) is 8.01. The molecule has 3 aliphatic carbocycles. The summed E-state index contributed by atoms with van der Waals surface area (Å²) < 4.78 is 5.86. The van der Waals surface area contributed by atoms with Crippen LogP contribution in [-0.4, -0.2) is 42.3 Å². The van der Waals surface area contributed by atoms with E-state index < -0.39 is 12.1 Å². The number of carbonyl (C=O) groups excluding carboxylic acids is 2. The van der Waals surface area contributed by atoms with Crippen LogP contribution in [0, 0.1) is 23.2 Å². The van der Waals surface area contributed by atoms with E-state index in [0.29, 0.717) is 29.4 Å². The van der Waals surface area contributed by atoms with Crippen LogP contribution in [0.15, 0.2) is 18.2 Å². The number of urea groups is 1. The predicted molar refractivity (Wildman–Crippen MR) is 110 cm³/mol. The van der Waals surface area contributed by atoms with Crippen LogP contribution in [0.1, 0.15) is 56.6 Å². The number of nitrogens with one attached hydrogen (secondary N) is 1. The molecule has 2 fully saturated rings. The van der Waals surface area contributed by atoms with Gasteiger partial charge in [0.05, 0.1) is 0 Å². The lowest BCUT2D eigenvalue weighted by Crippen LogP contribution is -2.49. The highest BCUT2D eigenvalue weighted by Gasteiger charge is 2.57. The summed E-state index contributed by atoms with van der Waals surface area (Å²) in [5, 5.41) is 12.4. The van der Waals surface area contributed by atoms with Gasteiger partial charge in [0.2, 0.25) is 0 Å². The second-order valence-corrected chi connectivity index (χ2v) is 9.46. The van der Waals surface area contributed by atoms with Crippen LogP contribution in [-0.2, 0) is 11.2 Å². The molecule has 1 aromatic rings. The normalized spacial score (nSPS) is 35.1. The first-order valence-electron chi connectivity index (χ1n) is 10.7. The number of imide groups is 1. The minimum atomic E-state index is -0.573. The molecule has 3 aliphatic rings. The van der Waals surface area contributed by atoms with E-state index in [1.165, 1.54) is 25.2 Å². The lowest BCUT2D eigenvalue weighted by atomic mass is 9.53. The van der Waals surface area contributed by atoms with Crippen LogP contribution >= 0.6 is 0 Å². The van der Waals surface area contributed by atoms with Gasteiger partial charge in [0, 0.05) is 19.5 Å². The predicted octanol–water partition coefficient (Wildman–Crippen LogP) is 4.27. The Morgan fingerprint density at radius 3 is 2.76 bits per heavy atom. The monoisotopic (exact) mass is 400 g/mol. The summed E-state index contributed by atoms with van der Waals surface area (Å²) in [7, 11) is 2.95. The van der Waals surface area contributed by atoms with Crippen molar-refractivity contribution >= 4 is 12.1 Å². The molecule has 0 spiro atoms. The van der Waals surface area contributed by atoms with Gasteiger partial charge in [0.15, 0.2) is 0 Å². The van der Waals surface area contributed by atoms with E-state index in [-0.39, 0.29) is 11.5 Å². The third-order valence-corrected chi connectivity index (χ3v) is 8.01. The van der Waals surface area contributed by atoms with Crippen LogP contribution in [0.3, 0.4) is 0 Å². The average Bonchev–Trinajstić information content (AvgIpc) is 3.02. The largest absolute Gasteiger partial charge is 0.508 e. The molecule has 0 aromatic heterocycles. The Morgan fingerprint density at radius 1 is 1.28 bits per heavy atom. The average molecular weight is 401 g/mol. The van der Waals surface area contributed by atoms with E-state index >= 15 is 0 Å². The molecule has 3 amide bonds. The molecule has 2 saturated carbocycles. The smallest absolute Gasteiger partial charge is 0.417 e. The maximum Gasteiger partial charge on any atom is 0.417 e. The van der Waals surface area contributed by atoms with Crippen molar-refractivity contribution in [2.45, 2.75) is 58.0 Å². The molecule has 0 heterocycles. The van der Waals surface area contributed by atoms with E-state index in [1.54, 1.807) is 0 Å². The number of fused-ring (bicyclic) bond motifs is 5. The minimum absolute atomic E-state index is 0.0525. The molecule has 0 radical (unpaired) electrons. The highest BCUT2D eigenvalue weighted by Crippen LogP contribution is 2.62. The Labute approximate surface area is 172 Å². The molecule has 2 N–H and O–H groups in total. The fraction of sp³-hybridized carbons (Fsp3) is 0.652. The molecule has 6 heteroatoms. The number of nitrogens with zero attached hydrogens (tertiary/aromatic N) is 1. The van der Waals surface area contributed by atoms with E-state index in [0.717, 1.165) is 37.0 Å². The number of aromatic hydroxyl groups is 1. The SMILES string of the molecule is CNC(=O)N(C)C(=O)O[C@H]1CCC2C3C(CC[C@@]21C)c1ccc(O)cc1C[C@H]3C. The fourth-order valence-electron chi connectivity index (χ4n) is 6.56. The molecule has 0 bridgehead atoms. The minimum Gasteiger partial charge on any atom is -0.508 e. The first-order valence-corrected chi connectivity index (χ1v) is 10.7. The maximum absolute atomic E-state index is 12.5. The summed E-state index contributed by atoms with van der Waals surface area (Å²) in [4.78, 5) is 25.2. The van der Waals surface area contributed by atoms with Gasteiger partial charge < -0.3 is 15.2 Å². The molecule has 0 saturated heterocycles. The molecular formula is C23H32N2O4. The van der Waals surface area contributed by atoms with E-state index in [9.17, 15) is 14.7 Å². The molecule has 3 unspecified atom stereocenters. The van der Waals surface area contributed by atoms with Crippen molar-refractivity contribution in [3.8, 4) is 5.75 Å². The Morgan fingerprint density at radius 2 is 2.03 bits per heavy atom. The van der Waals surface area contributed by atoms with E-state index in [1.807, 2.05) is 12.1 Å². The van der Waals surface area contributed by atoms with Crippen molar-refractivity contribution < 1.29 is 19.4 Å². The maximum atomic E-state index is 12.5. The van der Waals surface area contributed by atoms with Gasteiger partial charge in [0.25, 0.3) is 0 Å². The molecule has 1 aromatic carbocycles. The van der Waals surface area contributed by atoms with Crippen molar-refractivity contribution in [2.24, 2.45) is 23.2 Å². The lowest BCUT2D eigenvalue weighted by molar-refractivity contribution is -0.0468. The number of hydrogen-bond donors (Lipinski definition) is 2. The van der Waals surface area contributed by atoms with Crippen LogP contribution < -0.4 is 5.32 Å². The van der Waals surface area contributed by atoms with Gasteiger partial charge in [0.1, 0.15) is 11.9 Å². The van der Waals surface area contributed by atoms with Crippen LogP contribution in [0.25, 0.3) is 0 Å². The summed E-state index contributed by atoms with van der Waals surface area (Å²) in [6.45, 7) is 4.60. The number of hydrogen-bond acceptors (Lipinski definition) is 4. The number of carbonyl (C=O) groups is 2. The van der Waals surface area contributed by atoms with Crippen LogP contribution in [0.5, 0.6) is 5.75 Å². The topological polar surface area (TPSA) is 78.9 Å². The molecule has 6 nitrogen and oxygen atoms in total. The van der Waals surface area contributed by atoms with Gasteiger partial charge in [-0.25, -0.2) is 14.5 Å². The Balaban J connectivity index is 1.56. The zero-order valence-corrected chi connectivity index (χ0v) is 17.8. The molecule has 6 atom stereocenters. The standard InChI is InChI=1S/C23H32N2O4/c1-13-11-14-12-15(26)5-6-16(14)17-9-10-23(2)18(20(13)17)7-8-19(23)29-22(28)25(4)21(27)24-3/h5-6,12-13,17-20,26H,7-11H2,1-4H3,(H,24,27)/t13-,17?,18?,19+,20?,23+/m1/s1. The highest BCUT2D eigenvalue weighted by atomic mass is 16.6. The quantitative estimate of drug-likeness (QED) is 0.738. The number of amides is 3. The van der Waals surface area contributed by atoms with Crippen LogP contribution in [0.4, 0.5) is 9.59 Å². The van der Waals surface area contributed by atoms with Crippen molar-refractivity contribution in [3.63, 3.8) is 0 Å². The summed E-state index contributed by atoms with van der Waals surface area (Å²) in [5.74, 6) is 2.45. The summed E-state index contributed by atoms with van der Waals surface area (Å²) in [6.07, 6.45) is 4.25. The molecule has 158 valence electrons. The second kappa shape index (κ2) is 7.22. The first-order chi connectivity index (χ1) is 13.8. The number of rotatable bonds is 1. The number of phenols is 1. The van der Waals surface area contributed by atoms with Crippen LogP contribution in [0.2, 0.25) is 0 Å². The van der Waals surface area contributed by atoms with Gasteiger partial charge in [-0.05, 0) is 79.0 Å². The van der Waals surface area contributed by atoms with E-state index in [4.69, 9.17) is 4.74 Å². The summed E-state index contributed by atoms with van der Waals surface area (Å²) in [6, 6.07) is 5.40. The van der Waals surface area contributed by atoms with E-state index in [2.05, 4.69) is 25.2 Å². The molecule has 0 aliphatic heterocycles. The second-order valence-electron chi connectivity index (χ2n) is 9.46. The van der Waals surface area contributed by atoms with Gasteiger partial charge in [-0.3, -0.25) is 0 Å². The Kier molecular flexibility index (Phi) is 4.99. The first kappa shape index (κ1) is 20.0. The molecule has 4 rings (SSSR count). The molecular weight excluding hydrogens is 368 g/mol. The van der Waals surface area contributed by atoms with Crippen molar-refractivity contribution in [1.82, 2.24) is 10.2 Å². The van der Waals surface area contributed by atoms with Gasteiger partial charge >= 0.3 is 12.1 Å². The fourth-order valence-corrected chi connectivity index (χ4v) is 6.56. The van der Waals surface area contributed by atoms with Crippen molar-refractivity contribution in [1.29, 1.82) is 0 Å². The van der Waals surface area contributed by atoms with Gasteiger partial charge in [-0.2, -0.15) is 0 Å². The van der Waals surface area contributed by atoms with Crippen molar-refractivity contribution in [2.75, 3.05) is 14.1 Å². The third kappa shape index (κ3) is 3.17. The Bertz CT molecular complexity index is 825. The number of benzene rings is 1. The number of phenolic OH excluding ortho intramolecular Hbond substituents is 1. The lowest BCUT2D eigenvalue weighted by Gasteiger charge is -2.52. The summed E-state index contributed by atoms with van der Waals surface area (Å²) in [5.41, 5.74) is 2.63. The number of ether oxygens (including phenoxy) is 1. The highest BCUT2D eigenvalue weighted by molar-refractivity contribution is 5.90. The van der Waals surface area contributed by atoms with Crippen molar-refractivity contribution in [3.05, 3.63) is 29.3 Å².